The predicted molar refractivity (Wildman–Crippen MR) is 60.6 cm³/mol. The normalized spacial score (nSPS) is 14.4. The van der Waals surface area contributed by atoms with Gasteiger partial charge in [-0.15, -0.1) is 0 Å². The van der Waals surface area contributed by atoms with Crippen molar-refractivity contribution in [2.45, 2.75) is 53.4 Å². The molecule has 1 nitrogen and oxygen atoms in total. The fourth-order valence-electron chi connectivity index (χ4n) is 2.00. The van der Waals surface area contributed by atoms with Crippen LogP contribution in [0.1, 0.15) is 58.3 Å². The van der Waals surface area contributed by atoms with Gasteiger partial charge in [0.1, 0.15) is 5.76 Å². The molecule has 1 aromatic rings. The Morgan fingerprint density at radius 3 is 2.29 bits per heavy atom. The third-order valence-electron chi connectivity index (χ3n) is 2.88. The van der Waals surface area contributed by atoms with Crippen molar-refractivity contribution in [3.05, 3.63) is 23.7 Å². The third kappa shape index (κ3) is 2.40. The van der Waals surface area contributed by atoms with Crippen LogP contribution in [-0.2, 0) is 6.42 Å². The molecule has 0 aliphatic carbocycles. The number of aryl methyl sites for hydroxylation is 1. The van der Waals surface area contributed by atoms with Crippen molar-refractivity contribution < 1.29 is 4.42 Å². The number of hydrogen-bond donors (Lipinski definition) is 0. The molecule has 1 heterocycles. The van der Waals surface area contributed by atoms with Crippen LogP contribution in [0.4, 0.5) is 0 Å². The highest BCUT2D eigenvalue weighted by Gasteiger charge is 2.26. The number of rotatable bonds is 3. The predicted octanol–water partition coefficient (Wildman–Crippen LogP) is 4.38. The Labute approximate surface area is 87.5 Å². The van der Waals surface area contributed by atoms with Gasteiger partial charge in [-0.2, -0.15) is 0 Å². The van der Waals surface area contributed by atoms with E-state index in [1.54, 1.807) is 0 Å². The van der Waals surface area contributed by atoms with Crippen molar-refractivity contribution in [2.24, 2.45) is 5.41 Å². The zero-order valence-corrected chi connectivity index (χ0v) is 10.1. The minimum Gasteiger partial charge on any atom is -0.469 e. The lowest BCUT2D eigenvalue weighted by atomic mass is 9.77. The van der Waals surface area contributed by atoms with Crippen molar-refractivity contribution in [1.82, 2.24) is 0 Å². The van der Waals surface area contributed by atoms with E-state index in [4.69, 9.17) is 4.42 Å². The second kappa shape index (κ2) is 4.20. The highest BCUT2D eigenvalue weighted by Crippen LogP contribution is 2.38. The van der Waals surface area contributed by atoms with Crippen LogP contribution in [0.15, 0.2) is 16.7 Å². The Kier molecular flexibility index (Phi) is 3.41. The SMILES string of the molecule is CCc1coc([C@H](CC)C(C)(C)C)c1. The number of furan rings is 1. The largest absolute Gasteiger partial charge is 0.469 e. The van der Waals surface area contributed by atoms with E-state index in [0.717, 1.165) is 18.6 Å². The van der Waals surface area contributed by atoms with Crippen LogP contribution in [0.25, 0.3) is 0 Å². The molecule has 1 atom stereocenters. The first kappa shape index (κ1) is 11.4. The van der Waals surface area contributed by atoms with Crippen molar-refractivity contribution in [3.63, 3.8) is 0 Å². The van der Waals surface area contributed by atoms with E-state index in [1.807, 2.05) is 6.26 Å². The highest BCUT2D eigenvalue weighted by atomic mass is 16.3. The van der Waals surface area contributed by atoms with E-state index in [1.165, 1.54) is 5.56 Å². The monoisotopic (exact) mass is 194 g/mol. The Morgan fingerprint density at radius 1 is 1.29 bits per heavy atom. The van der Waals surface area contributed by atoms with E-state index in [2.05, 4.69) is 40.7 Å². The molecule has 0 amide bonds. The van der Waals surface area contributed by atoms with Gasteiger partial charge in [0.25, 0.3) is 0 Å². The summed E-state index contributed by atoms with van der Waals surface area (Å²) in [6.45, 7) is 11.2. The zero-order chi connectivity index (χ0) is 10.8. The molecule has 0 aliphatic rings. The minimum atomic E-state index is 0.289. The Hall–Kier alpha value is -0.720. The molecule has 80 valence electrons. The topological polar surface area (TPSA) is 13.1 Å². The summed E-state index contributed by atoms with van der Waals surface area (Å²) >= 11 is 0. The first-order valence-corrected chi connectivity index (χ1v) is 5.56. The van der Waals surface area contributed by atoms with Crippen LogP contribution in [0.3, 0.4) is 0 Å². The highest BCUT2D eigenvalue weighted by molar-refractivity contribution is 5.17. The maximum Gasteiger partial charge on any atom is 0.107 e. The minimum absolute atomic E-state index is 0.289. The molecule has 1 rings (SSSR count). The van der Waals surface area contributed by atoms with Gasteiger partial charge in [0.05, 0.1) is 6.26 Å². The summed E-state index contributed by atoms with van der Waals surface area (Å²) in [4.78, 5) is 0. The summed E-state index contributed by atoms with van der Waals surface area (Å²) in [7, 11) is 0. The second-order valence-corrected chi connectivity index (χ2v) is 5.04. The van der Waals surface area contributed by atoms with Crippen molar-refractivity contribution in [2.75, 3.05) is 0 Å². The molecule has 1 aromatic heterocycles. The molecule has 0 spiro atoms. The molecule has 0 saturated heterocycles. The Balaban J connectivity index is 2.90. The standard InChI is InChI=1S/C13H22O/c1-6-10-8-12(14-9-10)11(7-2)13(3,4)5/h8-9,11H,6-7H2,1-5H3/t11-/m0/s1. The third-order valence-corrected chi connectivity index (χ3v) is 2.88. The molecule has 0 N–H and O–H groups in total. The Bertz CT molecular complexity index is 278. The van der Waals surface area contributed by atoms with Gasteiger partial charge in [-0.3, -0.25) is 0 Å². The summed E-state index contributed by atoms with van der Waals surface area (Å²) in [5.74, 6) is 1.68. The summed E-state index contributed by atoms with van der Waals surface area (Å²) in [5, 5.41) is 0. The maximum atomic E-state index is 5.64. The molecule has 0 bridgehead atoms. The smallest absolute Gasteiger partial charge is 0.107 e. The van der Waals surface area contributed by atoms with Gasteiger partial charge in [0.15, 0.2) is 0 Å². The lowest BCUT2D eigenvalue weighted by Crippen LogP contribution is -2.17. The molecule has 1 heteroatoms. The molecule has 0 aromatic carbocycles. The maximum absolute atomic E-state index is 5.64. The van der Waals surface area contributed by atoms with Crippen LogP contribution in [0.2, 0.25) is 0 Å². The summed E-state index contributed by atoms with van der Waals surface area (Å²) in [6, 6.07) is 2.21. The van der Waals surface area contributed by atoms with Gasteiger partial charge in [0, 0.05) is 5.92 Å². The molecule has 0 radical (unpaired) electrons. The van der Waals surface area contributed by atoms with E-state index >= 15 is 0 Å². The molecule has 0 fully saturated rings. The second-order valence-electron chi connectivity index (χ2n) is 5.04. The molecule has 14 heavy (non-hydrogen) atoms. The molecular weight excluding hydrogens is 172 g/mol. The van der Waals surface area contributed by atoms with E-state index in [9.17, 15) is 0 Å². The van der Waals surface area contributed by atoms with Gasteiger partial charge in [0.2, 0.25) is 0 Å². The van der Waals surface area contributed by atoms with E-state index in [-0.39, 0.29) is 5.41 Å². The molecule has 0 unspecified atom stereocenters. The average Bonchev–Trinajstić information content (AvgIpc) is 2.51. The average molecular weight is 194 g/mol. The first-order chi connectivity index (χ1) is 6.49. The summed E-state index contributed by atoms with van der Waals surface area (Å²) < 4.78 is 5.64. The van der Waals surface area contributed by atoms with Crippen molar-refractivity contribution in [1.29, 1.82) is 0 Å². The van der Waals surface area contributed by atoms with Gasteiger partial charge in [-0.1, -0.05) is 34.6 Å². The van der Waals surface area contributed by atoms with Crippen LogP contribution < -0.4 is 0 Å². The fourth-order valence-corrected chi connectivity index (χ4v) is 2.00. The van der Waals surface area contributed by atoms with Crippen LogP contribution in [0.5, 0.6) is 0 Å². The van der Waals surface area contributed by atoms with Crippen molar-refractivity contribution in [3.8, 4) is 0 Å². The molecule has 0 aliphatic heterocycles. The van der Waals surface area contributed by atoms with Crippen LogP contribution >= 0.6 is 0 Å². The summed E-state index contributed by atoms with van der Waals surface area (Å²) in [5.41, 5.74) is 1.60. The zero-order valence-electron chi connectivity index (χ0n) is 10.1. The van der Waals surface area contributed by atoms with Crippen LogP contribution in [-0.4, -0.2) is 0 Å². The Morgan fingerprint density at radius 2 is 1.93 bits per heavy atom. The van der Waals surface area contributed by atoms with Gasteiger partial charge >= 0.3 is 0 Å². The van der Waals surface area contributed by atoms with Gasteiger partial charge < -0.3 is 4.42 Å². The molecular formula is C13H22O. The van der Waals surface area contributed by atoms with Crippen molar-refractivity contribution >= 4 is 0 Å². The lowest BCUT2D eigenvalue weighted by Gasteiger charge is -2.27. The quantitative estimate of drug-likeness (QED) is 0.696. The fraction of sp³-hybridized carbons (Fsp3) is 0.692. The van der Waals surface area contributed by atoms with Crippen LogP contribution in [0, 0.1) is 5.41 Å². The summed E-state index contributed by atoms with van der Waals surface area (Å²) in [6.07, 6.45) is 4.09. The van der Waals surface area contributed by atoms with Gasteiger partial charge in [-0.25, -0.2) is 0 Å². The van der Waals surface area contributed by atoms with E-state index < -0.39 is 0 Å². The van der Waals surface area contributed by atoms with Gasteiger partial charge in [-0.05, 0) is 29.9 Å². The lowest BCUT2D eigenvalue weighted by molar-refractivity contribution is 0.272. The number of hydrogen-bond acceptors (Lipinski definition) is 1. The van der Waals surface area contributed by atoms with E-state index in [0.29, 0.717) is 5.92 Å². The first-order valence-electron chi connectivity index (χ1n) is 5.56. The molecule has 0 saturated carbocycles.